The van der Waals surface area contributed by atoms with Gasteiger partial charge in [-0.05, 0) is 61.2 Å². The molecular weight excluding hydrogens is 368 g/mol. The van der Waals surface area contributed by atoms with Crippen LogP contribution in [0.1, 0.15) is 11.8 Å². The van der Waals surface area contributed by atoms with Crippen molar-refractivity contribution in [1.29, 1.82) is 0 Å². The molecule has 2 aromatic heterocycles. The molecular formula is C22H22N4OS. The minimum atomic E-state index is 0.571. The Balaban J connectivity index is 1.54. The van der Waals surface area contributed by atoms with Crippen LogP contribution in [0, 0.1) is 0 Å². The fourth-order valence-corrected chi connectivity index (χ4v) is 3.67. The number of ether oxygens (including phenoxy) is 1. The fourth-order valence-electron chi connectivity index (χ4n) is 2.96. The number of nitrogens with one attached hydrogen (secondary N) is 2. The van der Waals surface area contributed by atoms with Gasteiger partial charge in [-0.3, -0.25) is 0 Å². The Morgan fingerprint density at radius 1 is 0.964 bits per heavy atom. The molecule has 0 saturated heterocycles. The first-order chi connectivity index (χ1) is 13.8. The molecule has 0 saturated carbocycles. The van der Waals surface area contributed by atoms with Crippen molar-refractivity contribution >= 4 is 39.7 Å². The SMILES string of the molecule is CCOc1ccc(Nc2nc(NCCc3cccs3)c3ccccc3n2)cc1. The first-order valence-corrected chi connectivity index (χ1v) is 10.2. The standard InChI is InChI=1S/C22H22N4OS/c1-2-27-17-11-9-16(10-12-17)24-22-25-20-8-4-3-7-19(20)21(26-22)23-14-13-18-6-5-15-28-18/h3-12,15H,2,13-14H2,1H3,(H2,23,24,25,26). The van der Waals surface area contributed by atoms with Crippen LogP contribution >= 0.6 is 11.3 Å². The molecule has 2 heterocycles. The Hall–Kier alpha value is -3.12. The van der Waals surface area contributed by atoms with E-state index in [4.69, 9.17) is 9.72 Å². The molecule has 142 valence electrons. The van der Waals surface area contributed by atoms with Gasteiger partial charge in [0.2, 0.25) is 5.95 Å². The second-order valence-corrected chi connectivity index (χ2v) is 7.28. The van der Waals surface area contributed by atoms with E-state index in [1.165, 1.54) is 4.88 Å². The van der Waals surface area contributed by atoms with Gasteiger partial charge in [-0.2, -0.15) is 4.98 Å². The molecule has 0 unspecified atom stereocenters. The van der Waals surface area contributed by atoms with Crippen molar-refractivity contribution in [3.63, 3.8) is 0 Å². The largest absolute Gasteiger partial charge is 0.494 e. The molecule has 0 bridgehead atoms. The maximum Gasteiger partial charge on any atom is 0.229 e. The summed E-state index contributed by atoms with van der Waals surface area (Å²) in [5.74, 6) is 2.26. The molecule has 0 amide bonds. The van der Waals surface area contributed by atoms with E-state index < -0.39 is 0 Å². The Labute approximate surface area is 168 Å². The van der Waals surface area contributed by atoms with Gasteiger partial charge in [-0.25, -0.2) is 4.98 Å². The van der Waals surface area contributed by atoms with Crippen molar-refractivity contribution < 1.29 is 4.74 Å². The average molecular weight is 391 g/mol. The number of thiophene rings is 1. The summed E-state index contributed by atoms with van der Waals surface area (Å²) in [6, 6.07) is 20.1. The number of hydrogen-bond acceptors (Lipinski definition) is 6. The molecule has 0 fully saturated rings. The van der Waals surface area contributed by atoms with Crippen LogP contribution in [-0.2, 0) is 6.42 Å². The van der Waals surface area contributed by atoms with E-state index in [0.717, 1.165) is 41.1 Å². The molecule has 2 aromatic carbocycles. The summed E-state index contributed by atoms with van der Waals surface area (Å²) in [7, 11) is 0. The van der Waals surface area contributed by atoms with Crippen LogP contribution in [0.2, 0.25) is 0 Å². The molecule has 0 aliphatic heterocycles. The van der Waals surface area contributed by atoms with Crippen molar-refractivity contribution in [3.05, 3.63) is 70.9 Å². The van der Waals surface area contributed by atoms with Crippen LogP contribution < -0.4 is 15.4 Å². The molecule has 6 heteroatoms. The van der Waals surface area contributed by atoms with Gasteiger partial charge in [0.05, 0.1) is 12.1 Å². The number of anilines is 3. The van der Waals surface area contributed by atoms with E-state index in [2.05, 4.69) is 33.1 Å². The topological polar surface area (TPSA) is 59.1 Å². The predicted molar refractivity (Wildman–Crippen MR) is 117 cm³/mol. The molecule has 2 N–H and O–H groups in total. The fraction of sp³-hybridized carbons (Fsp3) is 0.182. The van der Waals surface area contributed by atoms with E-state index in [0.29, 0.717) is 12.6 Å². The Bertz CT molecular complexity index is 1030. The number of benzene rings is 2. The molecule has 0 spiro atoms. The third-order valence-electron chi connectivity index (χ3n) is 4.27. The van der Waals surface area contributed by atoms with Gasteiger partial charge < -0.3 is 15.4 Å². The molecule has 28 heavy (non-hydrogen) atoms. The highest BCUT2D eigenvalue weighted by atomic mass is 32.1. The number of fused-ring (bicyclic) bond motifs is 1. The smallest absolute Gasteiger partial charge is 0.229 e. The number of para-hydroxylation sites is 1. The summed E-state index contributed by atoms with van der Waals surface area (Å²) in [6.07, 6.45) is 0.970. The van der Waals surface area contributed by atoms with Crippen LogP contribution in [0.3, 0.4) is 0 Å². The lowest BCUT2D eigenvalue weighted by Gasteiger charge is -2.12. The lowest BCUT2D eigenvalue weighted by Crippen LogP contribution is -2.08. The zero-order chi connectivity index (χ0) is 19.2. The quantitative estimate of drug-likeness (QED) is 0.417. The minimum absolute atomic E-state index is 0.571. The van der Waals surface area contributed by atoms with Crippen LogP contribution in [0.4, 0.5) is 17.5 Å². The van der Waals surface area contributed by atoms with Crippen molar-refractivity contribution in [1.82, 2.24) is 9.97 Å². The van der Waals surface area contributed by atoms with Crippen molar-refractivity contribution in [2.24, 2.45) is 0 Å². The lowest BCUT2D eigenvalue weighted by molar-refractivity contribution is 0.340. The van der Waals surface area contributed by atoms with E-state index in [9.17, 15) is 0 Å². The van der Waals surface area contributed by atoms with Crippen molar-refractivity contribution in [2.45, 2.75) is 13.3 Å². The number of aromatic nitrogens is 2. The predicted octanol–water partition coefficient (Wildman–Crippen LogP) is 5.49. The zero-order valence-electron chi connectivity index (χ0n) is 15.7. The van der Waals surface area contributed by atoms with Gasteiger partial charge in [0.25, 0.3) is 0 Å². The molecule has 4 aromatic rings. The maximum absolute atomic E-state index is 5.49. The van der Waals surface area contributed by atoms with Crippen LogP contribution in [0.25, 0.3) is 10.9 Å². The summed E-state index contributed by atoms with van der Waals surface area (Å²) in [5, 5.41) is 9.89. The highest BCUT2D eigenvalue weighted by molar-refractivity contribution is 7.09. The number of rotatable bonds is 8. The van der Waals surface area contributed by atoms with E-state index in [1.807, 2.05) is 55.5 Å². The highest BCUT2D eigenvalue weighted by Crippen LogP contribution is 2.24. The molecule has 0 aliphatic rings. The molecule has 0 atom stereocenters. The molecule has 4 rings (SSSR count). The van der Waals surface area contributed by atoms with E-state index in [1.54, 1.807) is 11.3 Å². The summed E-state index contributed by atoms with van der Waals surface area (Å²) in [5.41, 5.74) is 1.83. The van der Waals surface area contributed by atoms with Crippen molar-refractivity contribution in [3.8, 4) is 5.75 Å². The zero-order valence-corrected chi connectivity index (χ0v) is 16.5. The average Bonchev–Trinajstić information content (AvgIpc) is 3.23. The Morgan fingerprint density at radius 3 is 2.61 bits per heavy atom. The second-order valence-electron chi connectivity index (χ2n) is 6.25. The molecule has 5 nitrogen and oxygen atoms in total. The summed E-state index contributed by atoms with van der Waals surface area (Å²) >= 11 is 1.78. The normalized spacial score (nSPS) is 10.8. The van der Waals surface area contributed by atoms with E-state index in [-0.39, 0.29) is 0 Å². The third kappa shape index (κ3) is 4.40. The van der Waals surface area contributed by atoms with Gasteiger partial charge in [-0.1, -0.05) is 18.2 Å². The summed E-state index contributed by atoms with van der Waals surface area (Å²) in [4.78, 5) is 10.7. The number of nitrogens with zero attached hydrogens (tertiary/aromatic N) is 2. The third-order valence-corrected chi connectivity index (χ3v) is 5.20. The van der Waals surface area contributed by atoms with E-state index >= 15 is 0 Å². The maximum atomic E-state index is 5.49. The molecule has 0 aliphatic carbocycles. The van der Waals surface area contributed by atoms with Crippen LogP contribution in [0.15, 0.2) is 66.0 Å². The monoisotopic (exact) mass is 390 g/mol. The highest BCUT2D eigenvalue weighted by Gasteiger charge is 2.08. The first kappa shape index (κ1) is 18.3. The second kappa shape index (κ2) is 8.71. The Morgan fingerprint density at radius 2 is 1.82 bits per heavy atom. The van der Waals surface area contributed by atoms with Crippen LogP contribution in [0.5, 0.6) is 5.75 Å². The van der Waals surface area contributed by atoms with Crippen molar-refractivity contribution in [2.75, 3.05) is 23.8 Å². The Kier molecular flexibility index (Phi) is 5.68. The summed E-state index contributed by atoms with van der Waals surface area (Å²) < 4.78 is 5.49. The summed E-state index contributed by atoms with van der Waals surface area (Å²) in [6.45, 7) is 3.45. The van der Waals surface area contributed by atoms with Gasteiger partial charge in [0.1, 0.15) is 11.6 Å². The van der Waals surface area contributed by atoms with Gasteiger partial charge in [-0.15, -0.1) is 11.3 Å². The molecule has 0 radical (unpaired) electrons. The first-order valence-electron chi connectivity index (χ1n) is 9.35. The number of hydrogen-bond donors (Lipinski definition) is 2. The van der Waals surface area contributed by atoms with Crippen LogP contribution in [-0.4, -0.2) is 23.1 Å². The van der Waals surface area contributed by atoms with Gasteiger partial charge >= 0.3 is 0 Å². The minimum Gasteiger partial charge on any atom is -0.494 e. The lowest BCUT2D eigenvalue weighted by atomic mass is 10.2. The van der Waals surface area contributed by atoms with Gasteiger partial charge in [0, 0.05) is 22.5 Å². The van der Waals surface area contributed by atoms with Gasteiger partial charge in [0.15, 0.2) is 0 Å².